The van der Waals surface area contributed by atoms with Crippen molar-refractivity contribution in [3.63, 3.8) is 0 Å². The molecule has 208 valence electrons. The third-order valence-corrected chi connectivity index (χ3v) is 7.27. The summed E-state index contributed by atoms with van der Waals surface area (Å²) in [7, 11) is 1.60. The summed E-state index contributed by atoms with van der Waals surface area (Å²) < 4.78 is 11.7. The van der Waals surface area contributed by atoms with Gasteiger partial charge in [0.25, 0.3) is 5.91 Å². The molecular formula is C31H33ClN4O4. The molecule has 1 unspecified atom stereocenters. The highest BCUT2D eigenvalue weighted by atomic mass is 35.5. The maximum Gasteiger partial charge on any atom is 0.315 e. The number of nitrogens with one attached hydrogen (secondary N) is 2. The van der Waals surface area contributed by atoms with Crippen LogP contribution in [0.3, 0.4) is 0 Å². The van der Waals surface area contributed by atoms with E-state index in [9.17, 15) is 9.59 Å². The molecule has 3 atom stereocenters. The predicted octanol–water partition coefficient (Wildman–Crippen LogP) is 5.59. The Morgan fingerprint density at radius 2 is 1.85 bits per heavy atom. The van der Waals surface area contributed by atoms with Crippen LogP contribution in [0.4, 0.5) is 4.79 Å². The molecule has 2 N–H and O–H groups in total. The number of carbonyl (C=O) groups is 2. The van der Waals surface area contributed by atoms with E-state index < -0.39 is 18.1 Å². The molecule has 2 heterocycles. The third-order valence-electron chi connectivity index (χ3n) is 7.01. The number of rotatable bonds is 7. The van der Waals surface area contributed by atoms with Crippen molar-refractivity contribution in [2.75, 3.05) is 13.7 Å². The van der Waals surface area contributed by atoms with Gasteiger partial charge in [0.05, 0.1) is 24.8 Å². The quantitative estimate of drug-likeness (QED) is 0.394. The largest absolute Gasteiger partial charge is 0.497 e. The van der Waals surface area contributed by atoms with Crippen LogP contribution in [0.5, 0.6) is 11.5 Å². The number of halogens is 1. The van der Waals surface area contributed by atoms with Gasteiger partial charge < -0.3 is 20.1 Å². The normalized spacial score (nSPS) is 20.6. The van der Waals surface area contributed by atoms with Crippen LogP contribution in [0, 0.1) is 6.92 Å². The molecule has 0 aromatic heterocycles. The molecule has 9 heteroatoms. The van der Waals surface area contributed by atoms with Crippen molar-refractivity contribution in [2.24, 2.45) is 4.99 Å². The minimum absolute atomic E-state index is 0.125. The second kappa shape index (κ2) is 11.6. The SMILES string of the molecule is COc1ccc(C2=N[C@@H](c3cccc(C)c3)[C@@H](c3ccc(Cl)cc3)N2C(=O)C2CCNC(=O)N2)c(OC(C)C)c1. The first-order valence-corrected chi connectivity index (χ1v) is 13.7. The van der Waals surface area contributed by atoms with Gasteiger partial charge in [-0.25, -0.2) is 4.79 Å². The zero-order valence-electron chi connectivity index (χ0n) is 23.0. The molecule has 0 spiro atoms. The van der Waals surface area contributed by atoms with E-state index in [1.165, 1.54) is 0 Å². The van der Waals surface area contributed by atoms with Crippen molar-refractivity contribution in [3.05, 3.63) is 94.0 Å². The van der Waals surface area contributed by atoms with Crippen molar-refractivity contribution in [1.82, 2.24) is 15.5 Å². The van der Waals surface area contributed by atoms with Crippen LogP contribution in [-0.2, 0) is 4.79 Å². The standard InChI is InChI=1S/C31H33ClN4O4/c1-18(2)40-26-17-23(39-4)12-13-24(26)29-35-27(21-7-5-6-19(3)16-21)28(20-8-10-22(32)11-9-20)36(29)30(37)25-14-15-33-31(38)34-25/h5-13,16-18,25,27-28H,14-15H2,1-4H3,(H2,33,34,38)/t25?,27-,28+/m0/s1. The second-order valence-corrected chi connectivity index (χ2v) is 10.7. The lowest BCUT2D eigenvalue weighted by atomic mass is 9.92. The Balaban J connectivity index is 1.72. The molecule has 1 fully saturated rings. The molecule has 5 rings (SSSR count). The van der Waals surface area contributed by atoms with Gasteiger partial charge in [0.15, 0.2) is 0 Å². The molecule has 1 saturated heterocycles. The topological polar surface area (TPSA) is 92.3 Å². The lowest BCUT2D eigenvalue weighted by molar-refractivity contribution is -0.131. The Hall–Kier alpha value is -4.04. The number of ether oxygens (including phenoxy) is 2. The van der Waals surface area contributed by atoms with Gasteiger partial charge >= 0.3 is 6.03 Å². The number of amidine groups is 1. The van der Waals surface area contributed by atoms with Gasteiger partial charge in [0, 0.05) is 17.6 Å². The van der Waals surface area contributed by atoms with Gasteiger partial charge in [-0.3, -0.25) is 14.7 Å². The van der Waals surface area contributed by atoms with Crippen molar-refractivity contribution in [1.29, 1.82) is 0 Å². The fourth-order valence-electron chi connectivity index (χ4n) is 5.21. The van der Waals surface area contributed by atoms with E-state index in [4.69, 9.17) is 26.1 Å². The van der Waals surface area contributed by atoms with Crippen LogP contribution in [-0.4, -0.2) is 48.5 Å². The van der Waals surface area contributed by atoms with Crippen LogP contribution in [0.1, 0.15) is 54.6 Å². The van der Waals surface area contributed by atoms with Gasteiger partial charge in [-0.15, -0.1) is 0 Å². The van der Waals surface area contributed by atoms with Crippen LogP contribution in [0.15, 0.2) is 71.7 Å². The number of urea groups is 1. The summed E-state index contributed by atoms with van der Waals surface area (Å²) in [5, 5.41) is 6.14. The molecule has 0 saturated carbocycles. The van der Waals surface area contributed by atoms with Gasteiger partial charge in [-0.05, 0) is 62.6 Å². The van der Waals surface area contributed by atoms with Crippen molar-refractivity contribution in [3.8, 4) is 11.5 Å². The maximum atomic E-state index is 14.4. The van der Waals surface area contributed by atoms with Crippen molar-refractivity contribution < 1.29 is 19.1 Å². The number of hydrogen-bond donors (Lipinski definition) is 2. The van der Waals surface area contributed by atoms with E-state index in [1.807, 2.05) is 81.4 Å². The number of methoxy groups -OCH3 is 1. The van der Waals surface area contributed by atoms with E-state index in [0.717, 1.165) is 16.7 Å². The van der Waals surface area contributed by atoms with Crippen LogP contribution in [0.2, 0.25) is 5.02 Å². The maximum absolute atomic E-state index is 14.4. The van der Waals surface area contributed by atoms with Crippen molar-refractivity contribution in [2.45, 2.75) is 51.4 Å². The summed E-state index contributed by atoms with van der Waals surface area (Å²) in [6, 6.07) is 19.2. The Labute approximate surface area is 239 Å². The van der Waals surface area contributed by atoms with E-state index in [2.05, 4.69) is 16.7 Å². The highest BCUT2D eigenvalue weighted by Gasteiger charge is 2.45. The number of aryl methyl sites for hydroxylation is 1. The first kappa shape index (κ1) is 27.5. The van der Waals surface area contributed by atoms with E-state index in [-0.39, 0.29) is 18.0 Å². The Bertz CT molecular complexity index is 1440. The molecule has 0 bridgehead atoms. The minimum Gasteiger partial charge on any atom is -0.497 e. The number of nitrogens with zero attached hydrogens (tertiary/aromatic N) is 2. The van der Waals surface area contributed by atoms with Gasteiger partial charge in [0.2, 0.25) is 0 Å². The Morgan fingerprint density at radius 1 is 1.07 bits per heavy atom. The summed E-state index contributed by atoms with van der Waals surface area (Å²) in [6.07, 6.45) is 0.328. The third kappa shape index (κ3) is 5.63. The van der Waals surface area contributed by atoms with Gasteiger partial charge in [-0.2, -0.15) is 0 Å². The molecule has 3 aromatic rings. The van der Waals surface area contributed by atoms with E-state index in [0.29, 0.717) is 40.9 Å². The zero-order chi connectivity index (χ0) is 28.4. The number of aliphatic imine (C=N–C) groups is 1. The summed E-state index contributed by atoms with van der Waals surface area (Å²) >= 11 is 6.26. The lowest BCUT2D eigenvalue weighted by Gasteiger charge is -2.34. The fraction of sp³-hybridized carbons (Fsp3) is 0.323. The monoisotopic (exact) mass is 560 g/mol. The molecule has 40 heavy (non-hydrogen) atoms. The second-order valence-electron chi connectivity index (χ2n) is 10.3. The van der Waals surface area contributed by atoms with Crippen molar-refractivity contribution >= 4 is 29.4 Å². The molecule has 2 aliphatic heterocycles. The van der Waals surface area contributed by atoms with E-state index in [1.54, 1.807) is 12.0 Å². The molecule has 0 aliphatic carbocycles. The first-order valence-electron chi connectivity index (χ1n) is 13.4. The minimum atomic E-state index is -0.710. The summed E-state index contributed by atoms with van der Waals surface area (Å²) in [5.41, 5.74) is 3.61. The Kier molecular flexibility index (Phi) is 7.98. The average Bonchev–Trinajstić information content (AvgIpc) is 3.33. The smallest absolute Gasteiger partial charge is 0.315 e. The summed E-state index contributed by atoms with van der Waals surface area (Å²) in [6.45, 7) is 6.32. The lowest BCUT2D eigenvalue weighted by Crippen LogP contribution is -2.57. The van der Waals surface area contributed by atoms with Crippen LogP contribution >= 0.6 is 11.6 Å². The number of amides is 3. The number of carbonyl (C=O) groups excluding carboxylic acids is 2. The molecule has 3 aromatic carbocycles. The number of hydrogen-bond acceptors (Lipinski definition) is 5. The Morgan fingerprint density at radius 3 is 2.52 bits per heavy atom. The van der Waals surface area contributed by atoms with Crippen LogP contribution < -0.4 is 20.1 Å². The molecular weight excluding hydrogens is 528 g/mol. The first-order chi connectivity index (χ1) is 19.2. The highest BCUT2D eigenvalue weighted by molar-refractivity contribution is 6.30. The number of benzene rings is 3. The molecule has 3 amide bonds. The van der Waals surface area contributed by atoms with E-state index >= 15 is 0 Å². The molecule has 8 nitrogen and oxygen atoms in total. The van der Waals surface area contributed by atoms with Gasteiger partial charge in [-0.1, -0.05) is 53.6 Å². The summed E-state index contributed by atoms with van der Waals surface area (Å²) in [5.74, 6) is 1.42. The molecule has 0 radical (unpaired) electrons. The van der Waals surface area contributed by atoms with Gasteiger partial charge in [0.1, 0.15) is 29.4 Å². The van der Waals surface area contributed by atoms with Crippen LogP contribution in [0.25, 0.3) is 0 Å². The summed E-state index contributed by atoms with van der Waals surface area (Å²) in [4.78, 5) is 33.6. The highest BCUT2D eigenvalue weighted by Crippen LogP contribution is 2.45. The fourth-order valence-corrected chi connectivity index (χ4v) is 5.34. The average molecular weight is 561 g/mol. The predicted molar refractivity (Wildman–Crippen MR) is 155 cm³/mol. The molecule has 2 aliphatic rings. The zero-order valence-corrected chi connectivity index (χ0v) is 23.7.